The van der Waals surface area contributed by atoms with Crippen LogP contribution in [0, 0.1) is 0 Å². The SMILES string of the molecule is Nc1ccc(-c2cc3[nH]nc(N)c3c(=O)[nH]2)cc1. The third-order valence-electron chi connectivity index (χ3n) is 2.81. The van der Waals surface area contributed by atoms with E-state index in [4.69, 9.17) is 11.5 Å². The third kappa shape index (κ3) is 1.51. The highest BCUT2D eigenvalue weighted by atomic mass is 16.1. The van der Waals surface area contributed by atoms with Gasteiger partial charge < -0.3 is 16.5 Å². The van der Waals surface area contributed by atoms with Gasteiger partial charge in [0.25, 0.3) is 5.56 Å². The monoisotopic (exact) mass is 241 g/mol. The molecule has 18 heavy (non-hydrogen) atoms. The molecule has 0 aliphatic rings. The number of H-pyrrole nitrogens is 2. The quantitative estimate of drug-likeness (QED) is 0.477. The maximum atomic E-state index is 11.9. The molecule has 0 saturated carbocycles. The fourth-order valence-corrected chi connectivity index (χ4v) is 1.90. The lowest BCUT2D eigenvalue weighted by atomic mass is 10.1. The zero-order valence-electron chi connectivity index (χ0n) is 9.40. The van der Waals surface area contributed by atoms with Crippen LogP contribution in [0.25, 0.3) is 22.2 Å². The molecule has 6 N–H and O–H groups in total. The van der Waals surface area contributed by atoms with Gasteiger partial charge in [-0.15, -0.1) is 0 Å². The molecule has 0 atom stereocenters. The Balaban J connectivity index is 2.25. The molecule has 3 rings (SSSR count). The van der Waals surface area contributed by atoms with E-state index in [1.165, 1.54) is 0 Å². The van der Waals surface area contributed by atoms with Crippen LogP contribution in [0.3, 0.4) is 0 Å². The van der Waals surface area contributed by atoms with Crippen molar-refractivity contribution in [1.29, 1.82) is 0 Å². The number of pyridine rings is 1. The average molecular weight is 241 g/mol. The van der Waals surface area contributed by atoms with Gasteiger partial charge in [-0.05, 0) is 23.8 Å². The molecule has 0 unspecified atom stereocenters. The predicted octanol–water partition coefficient (Wildman–Crippen LogP) is 1.08. The van der Waals surface area contributed by atoms with Gasteiger partial charge in [0.2, 0.25) is 0 Å². The average Bonchev–Trinajstić information content (AvgIpc) is 2.72. The van der Waals surface area contributed by atoms with Crippen molar-refractivity contribution in [3.8, 4) is 11.3 Å². The van der Waals surface area contributed by atoms with Crippen LogP contribution < -0.4 is 17.0 Å². The summed E-state index contributed by atoms with van der Waals surface area (Å²) in [5, 5.41) is 6.93. The summed E-state index contributed by atoms with van der Waals surface area (Å²) in [5.74, 6) is 0.204. The lowest BCUT2D eigenvalue weighted by Crippen LogP contribution is -2.07. The van der Waals surface area contributed by atoms with Gasteiger partial charge in [-0.3, -0.25) is 9.89 Å². The summed E-state index contributed by atoms with van der Waals surface area (Å²) in [5.41, 5.74) is 13.8. The number of nitrogen functional groups attached to an aromatic ring is 2. The largest absolute Gasteiger partial charge is 0.399 e. The number of hydrogen-bond donors (Lipinski definition) is 4. The molecule has 2 aromatic heterocycles. The number of aromatic amines is 2. The molecule has 90 valence electrons. The minimum atomic E-state index is -0.259. The van der Waals surface area contributed by atoms with Crippen molar-refractivity contribution in [2.45, 2.75) is 0 Å². The van der Waals surface area contributed by atoms with E-state index in [9.17, 15) is 4.79 Å². The second-order valence-electron chi connectivity index (χ2n) is 4.03. The first-order valence-corrected chi connectivity index (χ1v) is 5.38. The molecule has 1 aromatic carbocycles. The second-order valence-corrected chi connectivity index (χ2v) is 4.03. The number of nitrogens with two attached hydrogens (primary N) is 2. The number of fused-ring (bicyclic) bond motifs is 1. The van der Waals surface area contributed by atoms with Crippen LogP contribution in [0.5, 0.6) is 0 Å². The predicted molar refractivity (Wildman–Crippen MR) is 71.0 cm³/mol. The summed E-state index contributed by atoms with van der Waals surface area (Å²) in [7, 11) is 0. The lowest BCUT2D eigenvalue weighted by molar-refractivity contribution is 1.13. The molecule has 0 aliphatic carbocycles. The van der Waals surface area contributed by atoms with Gasteiger partial charge in [0.15, 0.2) is 5.82 Å². The molecule has 3 aromatic rings. The van der Waals surface area contributed by atoms with Crippen molar-refractivity contribution in [3.05, 3.63) is 40.7 Å². The Labute approximate surface area is 102 Å². The van der Waals surface area contributed by atoms with Crippen LogP contribution in [-0.4, -0.2) is 15.2 Å². The molecular formula is C12H11N5O. The summed E-state index contributed by atoms with van der Waals surface area (Å²) in [6.45, 7) is 0. The summed E-state index contributed by atoms with van der Waals surface area (Å²) in [6, 6.07) is 9.03. The minimum absolute atomic E-state index is 0.204. The van der Waals surface area contributed by atoms with Gasteiger partial charge in [-0.25, -0.2) is 0 Å². The molecule has 0 radical (unpaired) electrons. The van der Waals surface area contributed by atoms with E-state index >= 15 is 0 Å². The fraction of sp³-hybridized carbons (Fsp3) is 0. The molecule has 6 heteroatoms. The van der Waals surface area contributed by atoms with E-state index in [-0.39, 0.29) is 11.4 Å². The zero-order valence-corrected chi connectivity index (χ0v) is 9.40. The summed E-state index contributed by atoms with van der Waals surface area (Å²) < 4.78 is 0. The molecule has 2 heterocycles. The van der Waals surface area contributed by atoms with Crippen LogP contribution in [0.4, 0.5) is 11.5 Å². The van der Waals surface area contributed by atoms with E-state index in [0.717, 1.165) is 5.56 Å². The fourth-order valence-electron chi connectivity index (χ4n) is 1.90. The Morgan fingerprint density at radius 2 is 1.83 bits per heavy atom. The van der Waals surface area contributed by atoms with Crippen molar-refractivity contribution < 1.29 is 0 Å². The first-order chi connectivity index (χ1) is 8.65. The van der Waals surface area contributed by atoms with Crippen molar-refractivity contribution in [3.63, 3.8) is 0 Å². The highest BCUT2D eigenvalue weighted by Crippen LogP contribution is 2.21. The normalized spacial score (nSPS) is 10.9. The van der Waals surface area contributed by atoms with Gasteiger partial charge in [-0.1, -0.05) is 12.1 Å². The molecule has 0 fully saturated rings. The van der Waals surface area contributed by atoms with Crippen LogP contribution in [0.2, 0.25) is 0 Å². The number of hydrogen-bond acceptors (Lipinski definition) is 4. The lowest BCUT2D eigenvalue weighted by Gasteiger charge is -2.02. The summed E-state index contributed by atoms with van der Waals surface area (Å²) in [6.07, 6.45) is 0. The van der Waals surface area contributed by atoms with Gasteiger partial charge in [0.1, 0.15) is 5.39 Å². The van der Waals surface area contributed by atoms with E-state index in [2.05, 4.69) is 15.2 Å². The van der Waals surface area contributed by atoms with Crippen LogP contribution in [0.1, 0.15) is 0 Å². The smallest absolute Gasteiger partial charge is 0.261 e. The van der Waals surface area contributed by atoms with Gasteiger partial charge >= 0.3 is 0 Å². The van der Waals surface area contributed by atoms with Crippen LogP contribution >= 0.6 is 0 Å². The Kier molecular flexibility index (Phi) is 2.09. The molecule has 0 spiro atoms. The molecular weight excluding hydrogens is 230 g/mol. The summed E-state index contributed by atoms with van der Waals surface area (Å²) >= 11 is 0. The topological polar surface area (TPSA) is 114 Å². The van der Waals surface area contributed by atoms with E-state index < -0.39 is 0 Å². The molecule has 0 bridgehead atoms. The Hall–Kier alpha value is -2.76. The third-order valence-corrected chi connectivity index (χ3v) is 2.81. The Morgan fingerprint density at radius 3 is 2.56 bits per heavy atom. The number of nitrogens with one attached hydrogen (secondary N) is 2. The van der Waals surface area contributed by atoms with Crippen molar-refractivity contribution in [1.82, 2.24) is 15.2 Å². The maximum absolute atomic E-state index is 11.9. The zero-order chi connectivity index (χ0) is 12.7. The van der Waals surface area contributed by atoms with Crippen LogP contribution in [-0.2, 0) is 0 Å². The van der Waals surface area contributed by atoms with Gasteiger partial charge in [-0.2, -0.15) is 5.10 Å². The Morgan fingerprint density at radius 1 is 1.11 bits per heavy atom. The number of nitrogens with zero attached hydrogens (tertiary/aromatic N) is 1. The van der Waals surface area contributed by atoms with Crippen molar-refractivity contribution >= 4 is 22.4 Å². The van der Waals surface area contributed by atoms with Crippen molar-refractivity contribution in [2.24, 2.45) is 0 Å². The van der Waals surface area contributed by atoms with E-state index in [0.29, 0.717) is 22.3 Å². The van der Waals surface area contributed by atoms with Gasteiger partial charge in [0.05, 0.1) is 11.2 Å². The number of benzene rings is 1. The Bertz CT molecular complexity index is 769. The second kappa shape index (κ2) is 3.63. The number of aromatic nitrogens is 3. The standard InChI is InChI=1S/C12H11N5O/c13-7-3-1-6(2-4-7)8-5-9-10(12(18)15-8)11(14)17-16-9/h1-5H,13H2,(H,15,18)(H3,14,16,17). The van der Waals surface area contributed by atoms with Gasteiger partial charge in [0, 0.05) is 5.69 Å². The first kappa shape index (κ1) is 10.4. The van der Waals surface area contributed by atoms with Crippen LogP contribution in [0.15, 0.2) is 35.1 Å². The minimum Gasteiger partial charge on any atom is -0.399 e. The molecule has 6 nitrogen and oxygen atoms in total. The first-order valence-electron chi connectivity index (χ1n) is 5.38. The summed E-state index contributed by atoms with van der Waals surface area (Å²) in [4.78, 5) is 14.7. The van der Waals surface area contributed by atoms with Crippen molar-refractivity contribution in [2.75, 3.05) is 11.5 Å². The molecule has 0 aliphatic heterocycles. The number of rotatable bonds is 1. The molecule has 0 saturated heterocycles. The maximum Gasteiger partial charge on any atom is 0.261 e. The number of anilines is 2. The highest BCUT2D eigenvalue weighted by Gasteiger charge is 2.09. The molecule has 0 amide bonds. The van der Waals surface area contributed by atoms with E-state index in [1.807, 2.05) is 12.1 Å². The highest BCUT2D eigenvalue weighted by molar-refractivity contribution is 5.89. The van der Waals surface area contributed by atoms with E-state index in [1.54, 1.807) is 18.2 Å².